The minimum absolute atomic E-state index is 0.169. The third-order valence-corrected chi connectivity index (χ3v) is 5.26. The number of pyridine rings is 1. The van der Waals surface area contributed by atoms with Gasteiger partial charge in [-0.1, -0.05) is 36.4 Å². The normalized spacial score (nSPS) is 11.0. The molecule has 6 heteroatoms. The molecule has 0 unspecified atom stereocenters. The molecule has 2 aromatic carbocycles. The number of H-pyrrole nitrogens is 1. The summed E-state index contributed by atoms with van der Waals surface area (Å²) < 4.78 is 2.25. The van der Waals surface area contributed by atoms with Crippen molar-refractivity contribution in [2.24, 2.45) is 0 Å². The summed E-state index contributed by atoms with van der Waals surface area (Å²) in [5.41, 5.74) is 4.14. The maximum absolute atomic E-state index is 12.4. The van der Waals surface area contributed by atoms with Gasteiger partial charge in [-0.3, -0.25) is 4.79 Å². The van der Waals surface area contributed by atoms with E-state index in [2.05, 4.69) is 55.3 Å². The van der Waals surface area contributed by atoms with Crippen LogP contribution in [0.3, 0.4) is 0 Å². The van der Waals surface area contributed by atoms with Crippen LogP contribution >= 0.6 is 0 Å². The summed E-state index contributed by atoms with van der Waals surface area (Å²) in [6.45, 7) is 0.723. The lowest BCUT2D eigenvalue weighted by atomic mass is 10.1. The lowest BCUT2D eigenvalue weighted by Gasteiger charge is -2.08. The van der Waals surface area contributed by atoms with Crippen LogP contribution in [0, 0.1) is 0 Å². The number of aromatic nitrogens is 4. The van der Waals surface area contributed by atoms with Crippen LogP contribution in [0.15, 0.2) is 91.5 Å². The van der Waals surface area contributed by atoms with E-state index in [0.29, 0.717) is 11.4 Å². The Bertz CT molecular complexity index is 1310. The van der Waals surface area contributed by atoms with E-state index in [1.54, 1.807) is 18.5 Å². The Labute approximate surface area is 179 Å². The zero-order chi connectivity index (χ0) is 21.0. The fourth-order valence-corrected chi connectivity index (χ4v) is 3.75. The molecule has 0 saturated heterocycles. The highest BCUT2D eigenvalue weighted by atomic mass is 16.1. The molecule has 0 aliphatic rings. The van der Waals surface area contributed by atoms with Gasteiger partial charge in [0, 0.05) is 54.2 Å². The van der Waals surface area contributed by atoms with E-state index in [9.17, 15) is 4.79 Å². The minimum Gasteiger partial charge on any atom is -0.348 e. The Morgan fingerprint density at radius 2 is 1.77 bits per heavy atom. The summed E-state index contributed by atoms with van der Waals surface area (Å²) >= 11 is 0. The number of carbonyl (C=O) groups excluding carboxylic acids is 1. The van der Waals surface area contributed by atoms with Gasteiger partial charge in [-0.2, -0.15) is 0 Å². The fourth-order valence-electron chi connectivity index (χ4n) is 3.75. The second kappa shape index (κ2) is 8.28. The number of benzene rings is 2. The van der Waals surface area contributed by atoms with Gasteiger partial charge in [0.1, 0.15) is 11.6 Å². The Hall–Kier alpha value is -4.19. The Balaban J connectivity index is 1.36. The number of hydrogen-bond acceptors (Lipinski definition) is 3. The van der Waals surface area contributed by atoms with Crippen molar-refractivity contribution >= 4 is 22.6 Å². The summed E-state index contributed by atoms with van der Waals surface area (Å²) in [5, 5.41) is 4.04. The lowest BCUT2D eigenvalue weighted by molar-refractivity contribution is 0.102. The molecule has 5 aromatic rings. The van der Waals surface area contributed by atoms with Crippen LogP contribution in [0.4, 0.5) is 5.82 Å². The summed E-state index contributed by atoms with van der Waals surface area (Å²) in [4.78, 5) is 24.1. The molecule has 0 aliphatic carbocycles. The SMILES string of the molecule is O=C(Nc1ccccn1)c1ccc(Cn2cc(Cc3ncc[nH]3)c3ccccc32)cc1. The van der Waals surface area contributed by atoms with Crippen molar-refractivity contribution in [2.75, 3.05) is 5.32 Å². The maximum Gasteiger partial charge on any atom is 0.256 e. The summed E-state index contributed by atoms with van der Waals surface area (Å²) in [5.74, 6) is 1.32. The zero-order valence-electron chi connectivity index (χ0n) is 16.8. The van der Waals surface area contributed by atoms with Gasteiger partial charge in [0.05, 0.1) is 0 Å². The summed E-state index contributed by atoms with van der Waals surface area (Å²) in [6.07, 6.45) is 8.22. The number of imidazole rings is 1. The molecule has 0 fully saturated rings. The van der Waals surface area contributed by atoms with Gasteiger partial charge in [-0.15, -0.1) is 0 Å². The van der Waals surface area contributed by atoms with E-state index in [4.69, 9.17) is 0 Å². The van der Waals surface area contributed by atoms with Crippen LogP contribution in [0.1, 0.15) is 27.3 Å². The molecule has 2 N–H and O–H groups in total. The highest BCUT2D eigenvalue weighted by molar-refractivity contribution is 6.03. The van der Waals surface area contributed by atoms with Gasteiger partial charge < -0.3 is 14.9 Å². The van der Waals surface area contributed by atoms with Gasteiger partial charge in [-0.05, 0) is 41.5 Å². The molecule has 5 rings (SSSR count). The Morgan fingerprint density at radius 1 is 0.935 bits per heavy atom. The molecule has 0 radical (unpaired) electrons. The second-order valence-corrected chi connectivity index (χ2v) is 7.38. The molecule has 6 nitrogen and oxygen atoms in total. The molecule has 3 aromatic heterocycles. The number of nitrogens with zero attached hydrogens (tertiary/aromatic N) is 3. The van der Waals surface area contributed by atoms with Crippen LogP contribution in [-0.4, -0.2) is 25.4 Å². The van der Waals surface area contributed by atoms with Gasteiger partial charge >= 0.3 is 0 Å². The van der Waals surface area contributed by atoms with E-state index in [0.717, 1.165) is 24.4 Å². The average Bonchev–Trinajstić information content (AvgIpc) is 3.44. The zero-order valence-corrected chi connectivity index (χ0v) is 16.8. The fraction of sp³-hybridized carbons (Fsp3) is 0.0800. The number of amides is 1. The van der Waals surface area contributed by atoms with E-state index in [1.807, 2.05) is 42.6 Å². The third-order valence-electron chi connectivity index (χ3n) is 5.26. The van der Waals surface area contributed by atoms with E-state index < -0.39 is 0 Å². The van der Waals surface area contributed by atoms with E-state index >= 15 is 0 Å². The number of nitrogens with one attached hydrogen (secondary N) is 2. The minimum atomic E-state index is -0.169. The van der Waals surface area contributed by atoms with E-state index in [1.165, 1.54) is 16.5 Å². The Kier molecular flexibility index (Phi) is 5.02. The van der Waals surface area contributed by atoms with Gasteiger partial charge in [0.2, 0.25) is 0 Å². The van der Waals surface area contributed by atoms with Crippen LogP contribution in [-0.2, 0) is 13.0 Å². The largest absolute Gasteiger partial charge is 0.348 e. The van der Waals surface area contributed by atoms with Crippen LogP contribution in [0.2, 0.25) is 0 Å². The van der Waals surface area contributed by atoms with Crippen molar-refractivity contribution < 1.29 is 4.79 Å². The number of fused-ring (bicyclic) bond motifs is 1. The van der Waals surface area contributed by atoms with Crippen molar-refractivity contribution in [3.05, 3.63) is 114 Å². The first kappa shape index (κ1) is 18.8. The molecule has 3 heterocycles. The van der Waals surface area contributed by atoms with Crippen molar-refractivity contribution in [3.63, 3.8) is 0 Å². The molecule has 0 saturated carbocycles. The summed E-state index contributed by atoms with van der Waals surface area (Å²) in [7, 11) is 0. The molecule has 0 atom stereocenters. The number of anilines is 1. The first-order valence-electron chi connectivity index (χ1n) is 10.1. The lowest BCUT2D eigenvalue weighted by Crippen LogP contribution is -2.12. The predicted octanol–water partition coefficient (Wildman–Crippen LogP) is 4.65. The van der Waals surface area contributed by atoms with Crippen LogP contribution in [0.25, 0.3) is 10.9 Å². The van der Waals surface area contributed by atoms with Gasteiger partial charge in [-0.25, -0.2) is 9.97 Å². The van der Waals surface area contributed by atoms with Crippen molar-refractivity contribution in [1.82, 2.24) is 19.5 Å². The number of aromatic amines is 1. The highest BCUT2D eigenvalue weighted by Crippen LogP contribution is 2.24. The Morgan fingerprint density at radius 3 is 2.55 bits per heavy atom. The summed E-state index contributed by atoms with van der Waals surface area (Å²) in [6, 6.07) is 21.5. The molecule has 0 spiro atoms. The number of rotatable bonds is 6. The molecule has 31 heavy (non-hydrogen) atoms. The standard InChI is InChI=1S/C25H21N5O/c31-25(29-23-7-3-4-12-26-23)19-10-8-18(9-11-19)16-30-17-20(15-24-27-13-14-28-24)21-5-1-2-6-22(21)30/h1-14,17H,15-16H2,(H,27,28)(H,26,29,31). The van der Waals surface area contributed by atoms with Crippen molar-refractivity contribution in [3.8, 4) is 0 Å². The van der Waals surface area contributed by atoms with Crippen LogP contribution in [0.5, 0.6) is 0 Å². The molecular weight excluding hydrogens is 386 g/mol. The smallest absolute Gasteiger partial charge is 0.256 e. The topological polar surface area (TPSA) is 75.6 Å². The third kappa shape index (κ3) is 4.09. The van der Waals surface area contributed by atoms with Crippen molar-refractivity contribution in [1.29, 1.82) is 0 Å². The number of carbonyl (C=O) groups is 1. The number of hydrogen-bond donors (Lipinski definition) is 2. The molecule has 152 valence electrons. The maximum atomic E-state index is 12.4. The molecule has 0 bridgehead atoms. The first-order chi connectivity index (χ1) is 15.3. The molecule has 1 amide bonds. The van der Waals surface area contributed by atoms with E-state index in [-0.39, 0.29) is 5.91 Å². The first-order valence-corrected chi connectivity index (χ1v) is 10.1. The van der Waals surface area contributed by atoms with Crippen LogP contribution < -0.4 is 5.32 Å². The number of para-hydroxylation sites is 1. The quantitative estimate of drug-likeness (QED) is 0.430. The highest BCUT2D eigenvalue weighted by Gasteiger charge is 2.11. The molecule has 0 aliphatic heterocycles. The van der Waals surface area contributed by atoms with Gasteiger partial charge in [0.25, 0.3) is 5.91 Å². The predicted molar refractivity (Wildman–Crippen MR) is 121 cm³/mol. The second-order valence-electron chi connectivity index (χ2n) is 7.38. The monoisotopic (exact) mass is 407 g/mol. The van der Waals surface area contributed by atoms with Crippen molar-refractivity contribution in [2.45, 2.75) is 13.0 Å². The molecular formula is C25H21N5O. The average molecular weight is 407 g/mol. The van der Waals surface area contributed by atoms with Gasteiger partial charge in [0.15, 0.2) is 0 Å².